The van der Waals surface area contributed by atoms with Crippen molar-refractivity contribution in [2.24, 2.45) is 0 Å². The van der Waals surface area contributed by atoms with Crippen LogP contribution in [0, 0.1) is 13.8 Å². The van der Waals surface area contributed by atoms with Gasteiger partial charge in [0.1, 0.15) is 12.4 Å². The van der Waals surface area contributed by atoms with E-state index >= 15 is 0 Å². The standard InChI is InChI=1S/C34H40O8/c1-23-7-10-26-27-11-8-24(2)21-30(27)34(29(26)20-23,13-5-4-6-32(35)36)25-9-12-31(28(22-25)33(37)38)42-19-18-41-17-16-40-15-14-39-3/h7-12,20-22H,4-6,13-19H2,1-3H3,(H,35,36)(H,37,38)/p-2. The zero-order valence-electron chi connectivity index (χ0n) is 24.5. The molecule has 0 atom stereocenters. The smallest absolute Gasteiger partial charge is 0.128 e. The average molecular weight is 575 g/mol. The molecule has 8 nitrogen and oxygen atoms in total. The van der Waals surface area contributed by atoms with Crippen LogP contribution in [0.2, 0.25) is 0 Å². The van der Waals surface area contributed by atoms with Crippen LogP contribution in [0.3, 0.4) is 0 Å². The molecular formula is C34H38O8-2. The highest BCUT2D eigenvalue weighted by atomic mass is 16.6. The molecule has 0 radical (unpaired) electrons. The van der Waals surface area contributed by atoms with E-state index in [1.807, 2.05) is 19.9 Å². The van der Waals surface area contributed by atoms with Crippen LogP contribution in [0.15, 0.2) is 54.6 Å². The quantitative estimate of drug-likeness (QED) is 0.225. The molecule has 0 saturated carbocycles. The normalized spacial score (nSPS) is 13.0. The molecule has 0 amide bonds. The molecule has 0 spiro atoms. The van der Waals surface area contributed by atoms with Gasteiger partial charge in [-0.3, -0.25) is 0 Å². The molecule has 0 bridgehead atoms. The van der Waals surface area contributed by atoms with Gasteiger partial charge in [0.25, 0.3) is 0 Å². The van der Waals surface area contributed by atoms with E-state index in [9.17, 15) is 19.8 Å². The molecule has 0 fully saturated rings. The van der Waals surface area contributed by atoms with Gasteiger partial charge in [-0.15, -0.1) is 0 Å². The summed E-state index contributed by atoms with van der Waals surface area (Å²) in [7, 11) is 1.61. The van der Waals surface area contributed by atoms with E-state index in [4.69, 9.17) is 18.9 Å². The van der Waals surface area contributed by atoms with Crippen LogP contribution in [0.1, 0.15) is 63.9 Å². The number of hydrogen-bond donors (Lipinski definition) is 0. The summed E-state index contributed by atoms with van der Waals surface area (Å²) in [6.07, 6.45) is 1.63. The molecule has 1 aliphatic carbocycles. The lowest BCUT2D eigenvalue weighted by Crippen LogP contribution is -2.29. The molecule has 42 heavy (non-hydrogen) atoms. The number of aliphatic carboxylic acids is 1. The predicted octanol–water partition coefficient (Wildman–Crippen LogP) is 3.35. The number of carbonyl (C=O) groups excluding carboxylic acids is 2. The summed E-state index contributed by atoms with van der Waals surface area (Å²) >= 11 is 0. The second-order valence-corrected chi connectivity index (χ2v) is 10.6. The predicted molar refractivity (Wildman–Crippen MR) is 154 cm³/mol. The Kier molecular flexibility index (Phi) is 10.7. The number of methoxy groups -OCH3 is 1. The molecule has 0 unspecified atom stereocenters. The van der Waals surface area contributed by atoms with Crippen molar-refractivity contribution in [3.8, 4) is 16.9 Å². The van der Waals surface area contributed by atoms with E-state index in [0.29, 0.717) is 45.7 Å². The minimum Gasteiger partial charge on any atom is -0.550 e. The van der Waals surface area contributed by atoms with Crippen molar-refractivity contribution in [2.45, 2.75) is 44.9 Å². The summed E-state index contributed by atoms with van der Waals surface area (Å²) in [5.41, 5.74) is 6.59. The van der Waals surface area contributed by atoms with Crippen LogP contribution < -0.4 is 14.9 Å². The number of ether oxygens (including phenoxy) is 4. The molecule has 0 saturated heterocycles. The number of unbranched alkanes of at least 4 members (excludes halogenated alkanes) is 1. The van der Waals surface area contributed by atoms with Crippen molar-refractivity contribution >= 4 is 11.9 Å². The number of hydrogen-bond acceptors (Lipinski definition) is 8. The van der Waals surface area contributed by atoms with Crippen molar-refractivity contribution in [2.75, 3.05) is 46.8 Å². The van der Waals surface area contributed by atoms with Gasteiger partial charge < -0.3 is 38.7 Å². The van der Waals surface area contributed by atoms with E-state index in [2.05, 4.69) is 36.4 Å². The molecule has 0 aromatic heterocycles. The van der Waals surface area contributed by atoms with Gasteiger partial charge in [0, 0.05) is 24.1 Å². The fourth-order valence-corrected chi connectivity index (χ4v) is 5.78. The Morgan fingerprint density at radius 2 is 1.33 bits per heavy atom. The van der Waals surface area contributed by atoms with Crippen molar-refractivity contribution in [3.63, 3.8) is 0 Å². The Morgan fingerprint density at radius 3 is 1.90 bits per heavy atom. The molecule has 0 N–H and O–H groups in total. The number of carboxylic acid groups (broad SMARTS) is 2. The molecule has 8 heteroatoms. The van der Waals surface area contributed by atoms with Crippen molar-refractivity contribution in [3.05, 3.63) is 88.0 Å². The van der Waals surface area contributed by atoms with E-state index < -0.39 is 17.4 Å². The molecule has 0 heterocycles. The maximum atomic E-state index is 12.4. The maximum absolute atomic E-state index is 12.4. The highest BCUT2D eigenvalue weighted by Crippen LogP contribution is 2.55. The van der Waals surface area contributed by atoms with Gasteiger partial charge in [-0.05, 0) is 73.1 Å². The number of carboxylic acids is 2. The van der Waals surface area contributed by atoms with Gasteiger partial charge in [0.05, 0.1) is 39.0 Å². The number of carbonyl (C=O) groups is 2. The summed E-state index contributed by atoms with van der Waals surface area (Å²) < 4.78 is 21.6. The third-order valence-corrected chi connectivity index (χ3v) is 7.72. The SMILES string of the molecule is COCCOCCOCCOc1ccc(C2(CCCCC(=O)[O-])c3cc(C)ccc3-c3ccc(C)cc32)cc1C(=O)[O-]. The van der Waals surface area contributed by atoms with E-state index in [1.54, 1.807) is 19.2 Å². The summed E-state index contributed by atoms with van der Waals surface area (Å²) in [4.78, 5) is 23.5. The van der Waals surface area contributed by atoms with Crippen LogP contribution in [0.5, 0.6) is 5.75 Å². The number of aromatic carboxylic acids is 1. The van der Waals surface area contributed by atoms with E-state index in [1.165, 1.54) is 0 Å². The van der Waals surface area contributed by atoms with Gasteiger partial charge in [-0.2, -0.15) is 0 Å². The molecular weight excluding hydrogens is 536 g/mol. The minimum atomic E-state index is -1.33. The van der Waals surface area contributed by atoms with Gasteiger partial charge in [-0.1, -0.05) is 60.0 Å². The highest BCUT2D eigenvalue weighted by molar-refractivity contribution is 5.91. The maximum Gasteiger partial charge on any atom is 0.128 e. The zero-order chi connectivity index (χ0) is 30.1. The lowest BCUT2D eigenvalue weighted by molar-refractivity contribution is -0.305. The first-order valence-electron chi connectivity index (χ1n) is 14.3. The number of aryl methyl sites for hydroxylation is 2. The van der Waals surface area contributed by atoms with Crippen molar-refractivity contribution in [1.29, 1.82) is 0 Å². The molecule has 3 aromatic carbocycles. The lowest BCUT2D eigenvalue weighted by Gasteiger charge is -2.34. The van der Waals surface area contributed by atoms with E-state index in [-0.39, 0.29) is 30.9 Å². The van der Waals surface area contributed by atoms with Gasteiger partial charge in [0.2, 0.25) is 0 Å². The fraction of sp³-hybridized carbons (Fsp3) is 0.412. The van der Waals surface area contributed by atoms with Gasteiger partial charge in [0.15, 0.2) is 0 Å². The van der Waals surface area contributed by atoms with Gasteiger partial charge in [-0.25, -0.2) is 0 Å². The zero-order valence-corrected chi connectivity index (χ0v) is 24.5. The third kappa shape index (κ3) is 7.01. The minimum absolute atomic E-state index is 0.0319. The highest BCUT2D eigenvalue weighted by Gasteiger charge is 2.44. The monoisotopic (exact) mass is 574 g/mol. The van der Waals surface area contributed by atoms with E-state index in [0.717, 1.165) is 38.9 Å². The van der Waals surface area contributed by atoms with Crippen LogP contribution >= 0.6 is 0 Å². The first-order valence-corrected chi connectivity index (χ1v) is 14.3. The van der Waals surface area contributed by atoms with Crippen LogP contribution in [-0.4, -0.2) is 58.7 Å². The van der Waals surface area contributed by atoms with Crippen molar-refractivity contribution < 1.29 is 38.7 Å². The second-order valence-electron chi connectivity index (χ2n) is 10.6. The van der Waals surface area contributed by atoms with Crippen LogP contribution in [0.4, 0.5) is 0 Å². The van der Waals surface area contributed by atoms with Crippen LogP contribution in [0.25, 0.3) is 11.1 Å². The molecule has 4 rings (SSSR count). The number of benzene rings is 3. The number of rotatable bonds is 17. The molecule has 1 aliphatic rings. The first kappa shape index (κ1) is 31.2. The summed E-state index contributed by atoms with van der Waals surface area (Å²) in [6, 6.07) is 17.9. The Balaban J connectivity index is 1.65. The average Bonchev–Trinajstić information content (AvgIpc) is 3.23. The largest absolute Gasteiger partial charge is 0.550 e. The topological polar surface area (TPSA) is 117 Å². The molecule has 224 valence electrons. The summed E-state index contributed by atoms with van der Waals surface area (Å²) in [6.45, 7) is 6.32. The van der Waals surface area contributed by atoms with Crippen LogP contribution in [-0.2, 0) is 24.4 Å². The molecule has 3 aromatic rings. The Morgan fingerprint density at radius 1 is 0.738 bits per heavy atom. The number of fused-ring (bicyclic) bond motifs is 3. The lowest BCUT2D eigenvalue weighted by atomic mass is 9.68. The third-order valence-electron chi connectivity index (χ3n) is 7.72. The Labute approximate surface area is 247 Å². The van der Waals surface area contributed by atoms with Crippen molar-refractivity contribution in [1.82, 2.24) is 0 Å². The Bertz CT molecular complexity index is 1340. The first-order chi connectivity index (χ1) is 20.3. The fourth-order valence-electron chi connectivity index (χ4n) is 5.78. The summed E-state index contributed by atoms with van der Waals surface area (Å²) in [5, 5.41) is 23.5. The second kappa shape index (κ2) is 14.4. The Hall–Kier alpha value is -3.72. The summed E-state index contributed by atoms with van der Waals surface area (Å²) in [5.74, 6) is -2.21. The molecule has 0 aliphatic heterocycles. The van der Waals surface area contributed by atoms with Gasteiger partial charge >= 0.3 is 0 Å².